The molecule has 0 saturated carbocycles. The summed E-state index contributed by atoms with van der Waals surface area (Å²) < 4.78 is 38.3. The van der Waals surface area contributed by atoms with Gasteiger partial charge in [-0.1, -0.05) is 11.6 Å². The van der Waals surface area contributed by atoms with Gasteiger partial charge in [0.1, 0.15) is 10.7 Å². The second kappa shape index (κ2) is 3.08. The Kier molecular flexibility index (Phi) is 2.13. The third-order valence-corrected chi connectivity index (χ3v) is 3.77. The van der Waals surface area contributed by atoms with Crippen molar-refractivity contribution in [2.75, 3.05) is 12.0 Å². The molecule has 2 rings (SSSR count). The van der Waals surface area contributed by atoms with Crippen molar-refractivity contribution in [3.05, 3.63) is 23.0 Å². The van der Waals surface area contributed by atoms with E-state index in [0.29, 0.717) is 0 Å². The maximum Gasteiger partial charge on any atom is 0.245 e. The zero-order chi connectivity index (χ0) is 10.3. The van der Waals surface area contributed by atoms with E-state index in [1.165, 1.54) is 6.07 Å². The molecule has 2 N–H and O–H groups in total. The SMILES string of the molecule is O=S1(=O)NCNc2c(F)ccc(Cl)c21. The number of hydrogen-bond donors (Lipinski definition) is 2. The smallest absolute Gasteiger partial charge is 0.245 e. The molecule has 1 aromatic rings. The van der Waals surface area contributed by atoms with E-state index >= 15 is 0 Å². The molecule has 0 unspecified atom stereocenters. The van der Waals surface area contributed by atoms with E-state index in [4.69, 9.17) is 11.6 Å². The first-order chi connectivity index (χ1) is 6.52. The summed E-state index contributed by atoms with van der Waals surface area (Å²) in [4.78, 5) is -0.231. The summed E-state index contributed by atoms with van der Waals surface area (Å²) in [7, 11) is -3.68. The second-order valence-electron chi connectivity index (χ2n) is 2.73. The van der Waals surface area contributed by atoms with Gasteiger partial charge in [-0.15, -0.1) is 0 Å². The normalized spacial score (nSPS) is 18.4. The van der Waals surface area contributed by atoms with Gasteiger partial charge in [0.15, 0.2) is 0 Å². The molecule has 0 amide bonds. The van der Waals surface area contributed by atoms with Crippen molar-refractivity contribution in [3.8, 4) is 0 Å². The number of fused-ring (bicyclic) bond motifs is 1. The number of halogens is 2. The zero-order valence-corrected chi connectivity index (χ0v) is 8.41. The molecular formula is C7H6ClFN2O2S. The zero-order valence-electron chi connectivity index (χ0n) is 6.84. The number of rotatable bonds is 0. The van der Waals surface area contributed by atoms with Gasteiger partial charge in [-0.05, 0) is 12.1 Å². The van der Waals surface area contributed by atoms with Crippen LogP contribution in [0.25, 0.3) is 0 Å². The molecule has 1 heterocycles. The molecule has 0 bridgehead atoms. The molecule has 4 nitrogen and oxygen atoms in total. The van der Waals surface area contributed by atoms with Gasteiger partial charge in [0.05, 0.1) is 17.4 Å². The average molecular weight is 237 g/mol. The highest BCUT2D eigenvalue weighted by atomic mass is 35.5. The van der Waals surface area contributed by atoms with E-state index in [-0.39, 0.29) is 22.3 Å². The average Bonchev–Trinajstić information content (AvgIpc) is 2.10. The van der Waals surface area contributed by atoms with Crippen LogP contribution in [-0.4, -0.2) is 15.1 Å². The van der Waals surface area contributed by atoms with Crippen LogP contribution in [0.4, 0.5) is 10.1 Å². The molecule has 14 heavy (non-hydrogen) atoms. The van der Waals surface area contributed by atoms with Crippen LogP contribution in [0.3, 0.4) is 0 Å². The fraction of sp³-hybridized carbons (Fsp3) is 0.143. The topological polar surface area (TPSA) is 58.2 Å². The quantitative estimate of drug-likeness (QED) is 0.710. The molecule has 0 aliphatic carbocycles. The first kappa shape index (κ1) is 9.70. The maximum atomic E-state index is 13.2. The third kappa shape index (κ3) is 1.35. The Labute approximate surface area is 85.1 Å². The number of sulfonamides is 1. The molecule has 7 heteroatoms. The highest BCUT2D eigenvalue weighted by Crippen LogP contribution is 2.33. The molecule has 0 fully saturated rings. The van der Waals surface area contributed by atoms with Crippen LogP contribution in [0.5, 0.6) is 0 Å². The summed E-state index contributed by atoms with van der Waals surface area (Å²) in [6, 6.07) is 2.33. The Morgan fingerprint density at radius 3 is 2.79 bits per heavy atom. The van der Waals surface area contributed by atoms with Crippen molar-refractivity contribution < 1.29 is 12.8 Å². The van der Waals surface area contributed by atoms with Gasteiger partial charge in [0, 0.05) is 0 Å². The van der Waals surface area contributed by atoms with Crippen molar-refractivity contribution in [3.63, 3.8) is 0 Å². The van der Waals surface area contributed by atoms with E-state index in [1.807, 2.05) is 0 Å². The fourth-order valence-corrected chi connectivity index (χ4v) is 2.88. The number of benzene rings is 1. The predicted molar refractivity (Wildman–Crippen MR) is 50.2 cm³/mol. The van der Waals surface area contributed by atoms with Crippen molar-refractivity contribution in [1.29, 1.82) is 0 Å². The monoisotopic (exact) mass is 236 g/mol. The predicted octanol–water partition coefficient (Wildman–Crippen LogP) is 1.14. The first-order valence-corrected chi connectivity index (χ1v) is 5.60. The summed E-state index contributed by atoms with van der Waals surface area (Å²) in [6.45, 7) is -0.0351. The minimum atomic E-state index is -3.68. The van der Waals surface area contributed by atoms with Crippen LogP contribution in [0.2, 0.25) is 5.02 Å². The number of hydrogen-bond acceptors (Lipinski definition) is 3. The van der Waals surface area contributed by atoms with Gasteiger partial charge < -0.3 is 5.32 Å². The standard InChI is InChI=1S/C7H6ClFN2O2S/c8-4-1-2-5(9)6-7(4)14(12,13)11-3-10-6/h1-2,10-11H,3H2. The Hall–Kier alpha value is -0.850. The third-order valence-electron chi connectivity index (χ3n) is 1.85. The van der Waals surface area contributed by atoms with Gasteiger partial charge in [-0.2, -0.15) is 4.72 Å². The summed E-state index contributed by atoms with van der Waals surface area (Å²) >= 11 is 5.67. The largest absolute Gasteiger partial charge is 0.368 e. The van der Waals surface area contributed by atoms with Crippen LogP contribution in [-0.2, 0) is 10.0 Å². The lowest BCUT2D eigenvalue weighted by molar-refractivity contribution is 0.575. The molecule has 0 atom stereocenters. The highest BCUT2D eigenvalue weighted by Gasteiger charge is 2.28. The van der Waals surface area contributed by atoms with Gasteiger partial charge in [0.25, 0.3) is 0 Å². The summed E-state index contributed by atoms with van der Waals surface area (Å²) in [5.41, 5.74) is -0.0729. The summed E-state index contributed by atoms with van der Waals surface area (Å²) in [5, 5.41) is 2.58. The molecule has 0 saturated heterocycles. The Bertz CT molecular complexity index is 489. The molecular weight excluding hydrogens is 231 g/mol. The number of nitrogens with one attached hydrogen (secondary N) is 2. The molecule has 76 valence electrons. The van der Waals surface area contributed by atoms with Gasteiger partial charge >= 0.3 is 0 Å². The van der Waals surface area contributed by atoms with Gasteiger partial charge in [-0.25, -0.2) is 12.8 Å². The van der Waals surface area contributed by atoms with E-state index in [2.05, 4.69) is 10.0 Å². The molecule has 0 aromatic heterocycles. The van der Waals surface area contributed by atoms with E-state index in [1.54, 1.807) is 0 Å². The molecule has 1 aliphatic heterocycles. The van der Waals surface area contributed by atoms with E-state index < -0.39 is 15.8 Å². The summed E-state index contributed by atoms with van der Waals surface area (Å²) in [5.74, 6) is -0.630. The lowest BCUT2D eigenvalue weighted by Crippen LogP contribution is -2.35. The lowest BCUT2D eigenvalue weighted by atomic mass is 10.3. The Morgan fingerprint density at radius 2 is 2.14 bits per heavy atom. The van der Waals surface area contributed by atoms with Crippen molar-refractivity contribution >= 4 is 27.3 Å². The molecule has 0 radical (unpaired) electrons. The minimum absolute atomic E-state index is 0.00102. The van der Waals surface area contributed by atoms with Crippen LogP contribution in [0.15, 0.2) is 17.0 Å². The summed E-state index contributed by atoms with van der Waals surface area (Å²) in [6.07, 6.45) is 0. The molecule has 0 spiro atoms. The van der Waals surface area contributed by atoms with Crippen molar-refractivity contribution in [1.82, 2.24) is 4.72 Å². The number of anilines is 1. The van der Waals surface area contributed by atoms with E-state index in [0.717, 1.165) is 6.07 Å². The van der Waals surface area contributed by atoms with Gasteiger partial charge in [0.2, 0.25) is 10.0 Å². The minimum Gasteiger partial charge on any atom is -0.368 e. The first-order valence-electron chi connectivity index (χ1n) is 3.74. The lowest BCUT2D eigenvalue weighted by Gasteiger charge is -2.20. The van der Waals surface area contributed by atoms with Crippen LogP contribution >= 0.6 is 11.6 Å². The fourth-order valence-electron chi connectivity index (χ4n) is 1.25. The highest BCUT2D eigenvalue weighted by molar-refractivity contribution is 7.89. The van der Waals surface area contributed by atoms with Crippen molar-refractivity contribution in [2.24, 2.45) is 0 Å². The van der Waals surface area contributed by atoms with Gasteiger partial charge in [-0.3, -0.25) is 0 Å². The van der Waals surface area contributed by atoms with Crippen LogP contribution in [0.1, 0.15) is 0 Å². The van der Waals surface area contributed by atoms with E-state index in [9.17, 15) is 12.8 Å². The van der Waals surface area contributed by atoms with Crippen LogP contribution in [0, 0.1) is 5.82 Å². The maximum absolute atomic E-state index is 13.2. The Morgan fingerprint density at radius 1 is 1.43 bits per heavy atom. The van der Waals surface area contributed by atoms with Crippen LogP contribution < -0.4 is 10.0 Å². The molecule has 1 aromatic carbocycles. The van der Waals surface area contributed by atoms with Crippen molar-refractivity contribution in [2.45, 2.75) is 4.90 Å². The Balaban J connectivity index is 2.81. The second-order valence-corrected chi connectivity index (χ2v) is 4.85. The molecule has 1 aliphatic rings.